The van der Waals surface area contributed by atoms with Crippen molar-refractivity contribution in [1.29, 1.82) is 0 Å². The quantitative estimate of drug-likeness (QED) is 0.666. The van der Waals surface area contributed by atoms with Crippen LogP contribution in [0.4, 0.5) is 11.4 Å². The third-order valence-corrected chi connectivity index (χ3v) is 2.03. The smallest absolute Gasteiger partial charge is 0.170 e. The normalized spacial score (nSPS) is 9.29. The minimum atomic E-state index is 0.648. The lowest BCUT2D eigenvalue weighted by atomic mass is 10.2. The Hall–Kier alpha value is -1.29. The molecule has 0 saturated carbocycles. The highest BCUT2D eigenvalue weighted by atomic mass is 32.1. The Morgan fingerprint density at radius 3 is 2.50 bits per heavy atom. The molecule has 4 heteroatoms. The summed E-state index contributed by atoms with van der Waals surface area (Å²) in [6.45, 7) is 2.84. The summed E-state index contributed by atoms with van der Waals surface area (Å²) >= 11 is 5.09. The molecular weight excluding hydrogens is 194 g/mol. The van der Waals surface area contributed by atoms with Crippen molar-refractivity contribution in [3.8, 4) is 0 Å². The Bertz CT molecular complexity index is 312. The summed E-state index contributed by atoms with van der Waals surface area (Å²) in [5.41, 5.74) is 2.02. The molecule has 1 aromatic rings. The average Bonchev–Trinajstić information content (AvgIpc) is 2.19. The molecule has 0 aliphatic carbocycles. The first kappa shape index (κ1) is 10.8. The summed E-state index contributed by atoms with van der Waals surface area (Å²) in [6, 6.07) is 7.93. The van der Waals surface area contributed by atoms with Gasteiger partial charge in [0.05, 0.1) is 11.4 Å². The fourth-order valence-electron chi connectivity index (χ4n) is 1.14. The molecule has 3 N–H and O–H groups in total. The Kier molecular flexibility index (Phi) is 4.19. The fourth-order valence-corrected chi connectivity index (χ4v) is 1.39. The third kappa shape index (κ3) is 2.88. The van der Waals surface area contributed by atoms with E-state index in [-0.39, 0.29) is 0 Å². The van der Waals surface area contributed by atoms with Crippen LogP contribution in [0, 0.1) is 0 Å². The molecule has 0 unspecified atom stereocenters. The maximum atomic E-state index is 5.09. The van der Waals surface area contributed by atoms with Crippen molar-refractivity contribution in [3.05, 3.63) is 24.3 Å². The monoisotopic (exact) mass is 209 g/mol. The van der Waals surface area contributed by atoms with E-state index in [0.29, 0.717) is 5.11 Å². The molecule has 76 valence electrons. The van der Waals surface area contributed by atoms with Gasteiger partial charge in [-0.15, -0.1) is 0 Å². The van der Waals surface area contributed by atoms with Crippen LogP contribution in [0.15, 0.2) is 24.3 Å². The number of hydrogen-bond donors (Lipinski definition) is 3. The first-order chi connectivity index (χ1) is 6.77. The highest BCUT2D eigenvalue weighted by Gasteiger charge is 2.00. The van der Waals surface area contributed by atoms with Gasteiger partial charge in [-0.25, -0.2) is 0 Å². The maximum absolute atomic E-state index is 5.09. The zero-order valence-electron chi connectivity index (χ0n) is 8.42. The van der Waals surface area contributed by atoms with Crippen LogP contribution in [0.2, 0.25) is 0 Å². The second kappa shape index (κ2) is 5.44. The molecule has 0 heterocycles. The van der Waals surface area contributed by atoms with Crippen molar-refractivity contribution < 1.29 is 0 Å². The first-order valence-electron chi connectivity index (χ1n) is 4.59. The van der Waals surface area contributed by atoms with Crippen LogP contribution < -0.4 is 16.0 Å². The van der Waals surface area contributed by atoms with E-state index in [1.807, 2.05) is 38.2 Å². The Labute approximate surface area is 89.9 Å². The molecule has 14 heavy (non-hydrogen) atoms. The van der Waals surface area contributed by atoms with Gasteiger partial charge in [0, 0.05) is 13.6 Å². The summed E-state index contributed by atoms with van der Waals surface area (Å²) in [5, 5.41) is 9.90. The molecule has 0 fully saturated rings. The zero-order chi connectivity index (χ0) is 10.4. The Morgan fingerprint density at radius 1 is 1.29 bits per heavy atom. The van der Waals surface area contributed by atoms with Crippen molar-refractivity contribution in [3.63, 3.8) is 0 Å². The van der Waals surface area contributed by atoms with Gasteiger partial charge in [0.2, 0.25) is 0 Å². The molecule has 1 aromatic carbocycles. The highest BCUT2D eigenvalue weighted by molar-refractivity contribution is 7.80. The third-order valence-electron chi connectivity index (χ3n) is 1.78. The SMILES string of the molecule is CCNC(=S)Nc1ccccc1NC. The van der Waals surface area contributed by atoms with E-state index >= 15 is 0 Å². The molecule has 0 aliphatic heterocycles. The Balaban J connectivity index is 2.70. The first-order valence-corrected chi connectivity index (χ1v) is 5.00. The van der Waals surface area contributed by atoms with Crippen molar-refractivity contribution in [2.75, 3.05) is 24.2 Å². The maximum Gasteiger partial charge on any atom is 0.170 e. The number of thiocarbonyl (C=S) groups is 1. The number of para-hydroxylation sites is 2. The van der Waals surface area contributed by atoms with Gasteiger partial charge in [-0.3, -0.25) is 0 Å². The number of hydrogen-bond acceptors (Lipinski definition) is 2. The molecule has 0 aromatic heterocycles. The molecule has 0 amide bonds. The average molecular weight is 209 g/mol. The molecule has 0 radical (unpaired) electrons. The molecule has 1 rings (SSSR count). The number of benzene rings is 1. The van der Waals surface area contributed by atoms with Gasteiger partial charge in [0.15, 0.2) is 5.11 Å². The minimum Gasteiger partial charge on any atom is -0.386 e. The van der Waals surface area contributed by atoms with Crippen LogP contribution in [-0.2, 0) is 0 Å². The van der Waals surface area contributed by atoms with E-state index in [1.54, 1.807) is 0 Å². The standard InChI is InChI=1S/C10H15N3S/c1-3-12-10(14)13-9-7-5-4-6-8(9)11-2/h4-7,11H,3H2,1-2H3,(H2,12,13,14). The molecule has 0 bridgehead atoms. The summed E-state index contributed by atoms with van der Waals surface area (Å²) in [7, 11) is 1.89. The van der Waals surface area contributed by atoms with Gasteiger partial charge in [0.25, 0.3) is 0 Å². The summed E-state index contributed by atoms with van der Waals surface area (Å²) in [5.74, 6) is 0. The summed E-state index contributed by atoms with van der Waals surface area (Å²) < 4.78 is 0. The second-order valence-corrected chi connectivity index (χ2v) is 3.19. The van der Waals surface area contributed by atoms with Gasteiger partial charge < -0.3 is 16.0 Å². The van der Waals surface area contributed by atoms with E-state index < -0.39 is 0 Å². The van der Waals surface area contributed by atoms with Crippen molar-refractivity contribution in [2.24, 2.45) is 0 Å². The lowest BCUT2D eigenvalue weighted by molar-refractivity contribution is 0.979. The largest absolute Gasteiger partial charge is 0.386 e. The lowest BCUT2D eigenvalue weighted by Crippen LogP contribution is -2.28. The van der Waals surface area contributed by atoms with Gasteiger partial charge in [-0.2, -0.15) is 0 Å². The van der Waals surface area contributed by atoms with Crippen molar-refractivity contribution in [1.82, 2.24) is 5.32 Å². The Morgan fingerprint density at radius 2 is 1.93 bits per heavy atom. The summed E-state index contributed by atoms with van der Waals surface area (Å²) in [4.78, 5) is 0. The fraction of sp³-hybridized carbons (Fsp3) is 0.300. The number of rotatable bonds is 3. The molecule has 3 nitrogen and oxygen atoms in total. The van der Waals surface area contributed by atoms with Gasteiger partial charge in [-0.1, -0.05) is 12.1 Å². The van der Waals surface area contributed by atoms with Crippen LogP contribution in [0.3, 0.4) is 0 Å². The van der Waals surface area contributed by atoms with E-state index in [2.05, 4.69) is 16.0 Å². The minimum absolute atomic E-state index is 0.648. The number of anilines is 2. The number of nitrogens with one attached hydrogen (secondary N) is 3. The predicted molar refractivity (Wildman–Crippen MR) is 65.9 cm³/mol. The highest BCUT2D eigenvalue weighted by Crippen LogP contribution is 2.19. The molecule has 0 aliphatic rings. The summed E-state index contributed by atoms with van der Waals surface area (Å²) in [6.07, 6.45) is 0. The van der Waals surface area contributed by atoms with Crippen LogP contribution >= 0.6 is 12.2 Å². The molecule has 0 saturated heterocycles. The van der Waals surface area contributed by atoms with E-state index in [4.69, 9.17) is 12.2 Å². The topological polar surface area (TPSA) is 36.1 Å². The zero-order valence-corrected chi connectivity index (χ0v) is 9.24. The van der Waals surface area contributed by atoms with Crippen LogP contribution in [0.1, 0.15) is 6.92 Å². The van der Waals surface area contributed by atoms with Crippen LogP contribution in [-0.4, -0.2) is 18.7 Å². The van der Waals surface area contributed by atoms with Crippen molar-refractivity contribution >= 4 is 28.7 Å². The van der Waals surface area contributed by atoms with E-state index in [1.165, 1.54) is 0 Å². The van der Waals surface area contributed by atoms with Crippen LogP contribution in [0.5, 0.6) is 0 Å². The predicted octanol–water partition coefficient (Wildman–Crippen LogP) is 2.03. The van der Waals surface area contributed by atoms with Crippen LogP contribution in [0.25, 0.3) is 0 Å². The van der Waals surface area contributed by atoms with Gasteiger partial charge >= 0.3 is 0 Å². The molecule has 0 spiro atoms. The van der Waals surface area contributed by atoms with Gasteiger partial charge in [-0.05, 0) is 31.3 Å². The van der Waals surface area contributed by atoms with E-state index in [9.17, 15) is 0 Å². The molecule has 0 atom stereocenters. The lowest BCUT2D eigenvalue weighted by Gasteiger charge is -2.12. The van der Waals surface area contributed by atoms with Crippen molar-refractivity contribution in [2.45, 2.75) is 6.92 Å². The van der Waals surface area contributed by atoms with E-state index in [0.717, 1.165) is 17.9 Å². The van der Waals surface area contributed by atoms with Gasteiger partial charge in [0.1, 0.15) is 0 Å². The second-order valence-electron chi connectivity index (χ2n) is 2.78. The molecular formula is C10H15N3S.